The first kappa shape index (κ1) is 14.5. The average Bonchev–Trinajstić information content (AvgIpc) is 2.53. The van der Waals surface area contributed by atoms with Crippen molar-refractivity contribution in [3.63, 3.8) is 0 Å². The molecule has 0 spiro atoms. The lowest BCUT2D eigenvalue weighted by Crippen LogP contribution is -1.99. The van der Waals surface area contributed by atoms with Crippen molar-refractivity contribution >= 4 is 32.3 Å². The Bertz CT molecular complexity index is 1110. The summed E-state index contributed by atoms with van der Waals surface area (Å²) in [6.07, 6.45) is 0. The summed E-state index contributed by atoms with van der Waals surface area (Å²) in [5, 5.41) is 8.69. The highest BCUT2D eigenvalue weighted by atomic mass is 14.2. The molecule has 0 saturated carbocycles. The number of rotatable bonds is 0. The van der Waals surface area contributed by atoms with Crippen LogP contribution in [0.15, 0.2) is 18.2 Å². The molecule has 0 saturated heterocycles. The molecular weight excluding hydrogens is 276 g/mol. The van der Waals surface area contributed by atoms with Gasteiger partial charge >= 0.3 is 0 Å². The maximum absolute atomic E-state index is 2.39. The average molecular weight is 300 g/mol. The third-order valence-corrected chi connectivity index (χ3v) is 6.33. The van der Waals surface area contributed by atoms with Crippen LogP contribution in [-0.4, -0.2) is 0 Å². The van der Waals surface area contributed by atoms with Gasteiger partial charge in [0.25, 0.3) is 0 Å². The third kappa shape index (κ3) is 1.62. The standard InChI is InChI=1S/C23H24/c1-11-10-20-15(5)17(7)21-16(6)13(3)14(4)19-9-8-18(12(11)2)22(20)23(19)21/h8-10H,1-7H3. The second kappa shape index (κ2) is 4.47. The van der Waals surface area contributed by atoms with Crippen LogP contribution in [0, 0.1) is 48.5 Å². The fraction of sp³-hybridized carbons (Fsp3) is 0.304. The molecule has 0 aliphatic heterocycles. The monoisotopic (exact) mass is 300 g/mol. The molecule has 0 heteroatoms. The Morgan fingerprint density at radius 1 is 0.435 bits per heavy atom. The van der Waals surface area contributed by atoms with Crippen LogP contribution in [0.25, 0.3) is 32.3 Å². The van der Waals surface area contributed by atoms with Crippen LogP contribution in [0.4, 0.5) is 0 Å². The summed E-state index contributed by atoms with van der Waals surface area (Å²) in [5.74, 6) is 0. The summed E-state index contributed by atoms with van der Waals surface area (Å²) in [6, 6.07) is 7.07. The van der Waals surface area contributed by atoms with Crippen molar-refractivity contribution in [3.05, 3.63) is 57.1 Å². The Hall–Kier alpha value is -2.08. The highest BCUT2D eigenvalue weighted by molar-refractivity contribution is 6.26. The second-order valence-electron chi connectivity index (χ2n) is 7.28. The molecular formula is C23H24. The van der Waals surface area contributed by atoms with E-state index >= 15 is 0 Å². The summed E-state index contributed by atoms with van der Waals surface area (Å²) in [6.45, 7) is 15.9. The van der Waals surface area contributed by atoms with E-state index in [2.05, 4.69) is 66.7 Å². The predicted molar refractivity (Wildman–Crippen MR) is 103 cm³/mol. The molecule has 0 nitrogen and oxygen atoms in total. The maximum atomic E-state index is 2.39. The highest BCUT2D eigenvalue weighted by Crippen LogP contribution is 2.43. The van der Waals surface area contributed by atoms with E-state index in [4.69, 9.17) is 0 Å². The minimum absolute atomic E-state index is 1.39. The zero-order valence-electron chi connectivity index (χ0n) is 15.2. The number of aryl methyl sites for hydroxylation is 6. The lowest BCUT2D eigenvalue weighted by molar-refractivity contribution is 1.30. The normalized spacial score (nSPS) is 12.1. The fourth-order valence-electron chi connectivity index (χ4n) is 4.39. The number of benzene rings is 4. The van der Waals surface area contributed by atoms with Gasteiger partial charge in [0.2, 0.25) is 0 Å². The summed E-state index contributed by atoms with van der Waals surface area (Å²) in [5.41, 5.74) is 10.0. The van der Waals surface area contributed by atoms with Gasteiger partial charge in [-0.25, -0.2) is 0 Å². The molecule has 0 aliphatic rings. The first-order valence-electron chi connectivity index (χ1n) is 8.49. The molecule has 0 N–H and O–H groups in total. The van der Waals surface area contributed by atoms with Crippen LogP contribution in [0.3, 0.4) is 0 Å². The Morgan fingerprint density at radius 3 is 1.61 bits per heavy atom. The van der Waals surface area contributed by atoms with E-state index in [0.717, 1.165) is 0 Å². The zero-order chi connectivity index (χ0) is 16.6. The van der Waals surface area contributed by atoms with Crippen LogP contribution in [0.1, 0.15) is 38.9 Å². The SMILES string of the molecule is Cc1cc2c(C)c(C)c3c(C)c(C)c(C)c4ccc(c1C)c2c43. The van der Waals surface area contributed by atoms with Gasteiger partial charge in [-0.3, -0.25) is 0 Å². The van der Waals surface area contributed by atoms with Crippen LogP contribution < -0.4 is 0 Å². The van der Waals surface area contributed by atoms with Crippen molar-refractivity contribution in [2.75, 3.05) is 0 Å². The summed E-state index contributed by atoms with van der Waals surface area (Å²) < 4.78 is 0. The Balaban J connectivity index is 2.52. The smallest absolute Gasteiger partial charge is 0.00183 e. The minimum Gasteiger partial charge on any atom is -0.0534 e. The van der Waals surface area contributed by atoms with Crippen LogP contribution in [-0.2, 0) is 0 Å². The molecule has 0 aromatic heterocycles. The van der Waals surface area contributed by atoms with Crippen molar-refractivity contribution < 1.29 is 0 Å². The molecule has 0 amide bonds. The van der Waals surface area contributed by atoms with Crippen molar-refractivity contribution in [2.24, 2.45) is 0 Å². The maximum Gasteiger partial charge on any atom is -0.00183 e. The minimum atomic E-state index is 1.39. The van der Waals surface area contributed by atoms with Crippen molar-refractivity contribution in [2.45, 2.75) is 48.5 Å². The van der Waals surface area contributed by atoms with Gasteiger partial charge in [-0.15, -0.1) is 0 Å². The Labute approximate surface area is 138 Å². The van der Waals surface area contributed by atoms with Crippen LogP contribution in [0.5, 0.6) is 0 Å². The molecule has 0 atom stereocenters. The van der Waals surface area contributed by atoms with E-state index in [1.165, 1.54) is 71.3 Å². The molecule has 0 radical (unpaired) electrons. The molecule has 0 aliphatic carbocycles. The molecule has 4 rings (SSSR count). The molecule has 0 bridgehead atoms. The predicted octanol–water partition coefficient (Wildman–Crippen LogP) is 6.74. The van der Waals surface area contributed by atoms with E-state index in [0.29, 0.717) is 0 Å². The molecule has 23 heavy (non-hydrogen) atoms. The molecule has 4 aromatic carbocycles. The van der Waals surface area contributed by atoms with Gasteiger partial charge in [0.15, 0.2) is 0 Å². The van der Waals surface area contributed by atoms with Crippen LogP contribution in [0.2, 0.25) is 0 Å². The lowest BCUT2D eigenvalue weighted by atomic mass is 9.81. The Kier molecular flexibility index (Phi) is 2.82. The highest BCUT2D eigenvalue weighted by Gasteiger charge is 2.19. The fourth-order valence-corrected chi connectivity index (χ4v) is 4.39. The van der Waals surface area contributed by atoms with E-state index in [-0.39, 0.29) is 0 Å². The molecule has 0 heterocycles. The van der Waals surface area contributed by atoms with Crippen molar-refractivity contribution in [3.8, 4) is 0 Å². The topological polar surface area (TPSA) is 0 Å². The summed E-state index contributed by atoms with van der Waals surface area (Å²) in [4.78, 5) is 0. The number of hydrogen-bond donors (Lipinski definition) is 0. The molecule has 4 aromatic rings. The van der Waals surface area contributed by atoms with E-state index < -0.39 is 0 Å². The van der Waals surface area contributed by atoms with Gasteiger partial charge in [-0.2, -0.15) is 0 Å². The van der Waals surface area contributed by atoms with Crippen molar-refractivity contribution in [1.29, 1.82) is 0 Å². The van der Waals surface area contributed by atoms with Crippen molar-refractivity contribution in [1.82, 2.24) is 0 Å². The lowest BCUT2D eigenvalue weighted by Gasteiger charge is -2.22. The summed E-state index contributed by atoms with van der Waals surface area (Å²) in [7, 11) is 0. The zero-order valence-corrected chi connectivity index (χ0v) is 15.2. The summed E-state index contributed by atoms with van der Waals surface area (Å²) >= 11 is 0. The molecule has 0 unspecified atom stereocenters. The van der Waals surface area contributed by atoms with E-state index in [9.17, 15) is 0 Å². The van der Waals surface area contributed by atoms with Gasteiger partial charge < -0.3 is 0 Å². The third-order valence-electron chi connectivity index (χ3n) is 6.33. The number of hydrogen-bond acceptors (Lipinski definition) is 0. The first-order chi connectivity index (χ1) is 10.8. The second-order valence-corrected chi connectivity index (χ2v) is 7.28. The van der Waals surface area contributed by atoms with E-state index in [1.807, 2.05) is 0 Å². The van der Waals surface area contributed by atoms with Gasteiger partial charge in [0.1, 0.15) is 0 Å². The van der Waals surface area contributed by atoms with E-state index in [1.54, 1.807) is 0 Å². The largest absolute Gasteiger partial charge is 0.0534 e. The molecule has 116 valence electrons. The van der Waals surface area contributed by atoms with Gasteiger partial charge in [-0.05, 0) is 120 Å². The van der Waals surface area contributed by atoms with Gasteiger partial charge in [0, 0.05) is 0 Å². The molecule has 0 fully saturated rings. The first-order valence-corrected chi connectivity index (χ1v) is 8.49. The van der Waals surface area contributed by atoms with Gasteiger partial charge in [-0.1, -0.05) is 18.2 Å². The van der Waals surface area contributed by atoms with Gasteiger partial charge in [0.05, 0.1) is 0 Å². The quantitative estimate of drug-likeness (QED) is 0.315. The Morgan fingerprint density at radius 2 is 0.957 bits per heavy atom. The van der Waals surface area contributed by atoms with Crippen LogP contribution >= 0.6 is 0 Å².